The van der Waals surface area contributed by atoms with Gasteiger partial charge in [0.1, 0.15) is 0 Å². The highest BCUT2D eigenvalue weighted by Crippen LogP contribution is 2.50. The van der Waals surface area contributed by atoms with Gasteiger partial charge in [-0.05, 0) is 50.1 Å². The van der Waals surface area contributed by atoms with Crippen LogP contribution in [0, 0.1) is 19.8 Å². The average molecular weight is 490 g/mol. The van der Waals surface area contributed by atoms with Crippen LogP contribution in [0.25, 0.3) is 0 Å². The molecule has 1 heterocycles. The molecule has 2 aromatic carbocycles. The number of hydrogen-bond acceptors (Lipinski definition) is 4. The maximum absolute atomic E-state index is 14.0. The van der Waals surface area contributed by atoms with Crippen molar-refractivity contribution < 1.29 is 18.3 Å². The summed E-state index contributed by atoms with van der Waals surface area (Å²) < 4.78 is 29.5. The second-order valence-electron chi connectivity index (χ2n) is 8.89. The molecule has 1 N–H and O–H groups in total. The third kappa shape index (κ3) is 5.47. The number of benzene rings is 2. The summed E-state index contributed by atoms with van der Waals surface area (Å²) in [5.74, 6) is -0.921. The number of thioether (sulfide) groups is 1. The summed E-state index contributed by atoms with van der Waals surface area (Å²) in [4.78, 5) is 12.8. The fourth-order valence-corrected chi connectivity index (χ4v) is 8.33. The normalized spacial score (nSPS) is 23.6. The number of aryl methyl sites for hydroxylation is 2. The zero-order valence-electron chi connectivity index (χ0n) is 19.9. The largest absolute Gasteiger partial charge is 0.481 e. The molecule has 3 rings (SSSR count). The van der Waals surface area contributed by atoms with E-state index in [4.69, 9.17) is 0 Å². The van der Waals surface area contributed by atoms with Crippen molar-refractivity contribution in [3.05, 3.63) is 65.2 Å². The Kier molecular flexibility index (Phi) is 8.65. The first-order valence-corrected chi connectivity index (χ1v) is 14.2. The highest BCUT2D eigenvalue weighted by molar-refractivity contribution is 8.00. The maximum atomic E-state index is 14.0. The first-order chi connectivity index (χ1) is 15.7. The summed E-state index contributed by atoms with van der Waals surface area (Å²) in [6, 6.07) is 13.3. The van der Waals surface area contributed by atoms with Crippen LogP contribution in [0.15, 0.2) is 53.4 Å². The Hall–Kier alpha value is -1.83. The monoisotopic (exact) mass is 489 g/mol. The van der Waals surface area contributed by atoms with Crippen LogP contribution in [0.3, 0.4) is 0 Å². The van der Waals surface area contributed by atoms with Gasteiger partial charge in [-0.3, -0.25) is 4.79 Å². The Balaban J connectivity index is 2.13. The summed E-state index contributed by atoms with van der Waals surface area (Å²) in [7, 11) is -3.90. The molecule has 1 saturated heterocycles. The van der Waals surface area contributed by atoms with E-state index in [-0.39, 0.29) is 10.1 Å². The Morgan fingerprint density at radius 2 is 1.55 bits per heavy atom. The van der Waals surface area contributed by atoms with E-state index in [2.05, 4.69) is 6.92 Å². The molecule has 7 heteroatoms. The molecule has 2 aromatic rings. The molecule has 180 valence electrons. The first-order valence-electron chi connectivity index (χ1n) is 11.7. The number of carbonyl (C=O) groups is 1. The van der Waals surface area contributed by atoms with Gasteiger partial charge in [-0.1, -0.05) is 74.2 Å². The molecule has 0 unspecified atom stereocenters. The Bertz CT molecular complexity index is 1030. The quantitative estimate of drug-likeness (QED) is 0.426. The lowest BCUT2D eigenvalue weighted by Gasteiger charge is -2.30. The average Bonchev–Trinajstić information content (AvgIpc) is 3.12. The smallest absolute Gasteiger partial charge is 0.309 e. The molecular weight excluding hydrogens is 454 g/mol. The molecule has 0 aliphatic carbocycles. The van der Waals surface area contributed by atoms with Gasteiger partial charge in [0.05, 0.1) is 16.9 Å². The molecule has 1 aliphatic heterocycles. The zero-order valence-corrected chi connectivity index (χ0v) is 21.5. The van der Waals surface area contributed by atoms with Crippen molar-refractivity contribution in [2.45, 2.75) is 75.6 Å². The molecule has 0 bridgehead atoms. The van der Waals surface area contributed by atoms with E-state index in [0.29, 0.717) is 6.42 Å². The van der Waals surface area contributed by atoms with Gasteiger partial charge in [-0.2, -0.15) is 16.1 Å². The van der Waals surface area contributed by atoms with Gasteiger partial charge in [0.2, 0.25) is 10.0 Å². The predicted octanol–water partition coefficient (Wildman–Crippen LogP) is 5.82. The number of aliphatic carboxylic acids is 1. The lowest BCUT2D eigenvalue weighted by atomic mass is 9.92. The van der Waals surface area contributed by atoms with E-state index in [0.717, 1.165) is 41.7 Å². The van der Waals surface area contributed by atoms with Crippen LogP contribution < -0.4 is 0 Å². The first kappa shape index (κ1) is 25.8. The van der Waals surface area contributed by atoms with Gasteiger partial charge in [0, 0.05) is 11.3 Å². The van der Waals surface area contributed by atoms with Crippen LogP contribution in [-0.2, 0) is 14.8 Å². The Morgan fingerprint density at radius 3 is 2.06 bits per heavy atom. The SMILES string of the molecule is CCCCCS[C@H]1[C@@H](C(=O)O)[C@H](c2ccc(C)cc2)N(S(=O)(=O)c2ccc(C)cc2)[C@@H]1CC. The predicted molar refractivity (Wildman–Crippen MR) is 135 cm³/mol. The zero-order chi connectivity index (χ0) is 24.2. The minimum absolute atomic E-state index is 0.212. The van der Waals surface area contributed by atoms with Crippen molar-refractivity contribution in [3.8, 4) is 0 Å². The summed E-state index contributed by atoms with van der Waals surface area (Å²) >= 11 is 1.63. The van der Waals surface area contributed by atoms with Crippen LogP contribution >= 0.6 is 11.8 Å². The van der Waals surface area contributed by atoms with Crippen molar-refractivity contribution >= 4 is 27.8 Å². The molecule has 1 aliphatic rings. The number of sulfonamides is 1. The van der Waals surface area contributed by atoms with Crippen LogP contribution in [0.2, 0.25) is 0 Å². The van der Waals surface area contributed by atoms with Gasteiger partial charge < -0.3 is 5.11 Å². The fourth-order valence-electron chi connectivity index (χ4n) is 4.68. The van der Waals surface area contributed by atoms with Crippen LogP contribution in [0.4, 0.5) is 0 Å². The number of unbranched alkanes of at least 4 members (excludes halogenated alkanes) is 2. The summed E-state index contributed by atoms with van der Waals surface area (Å²) in [5, 5.41) is 10.0. The van der Waals surface area contributed by atoms with Crippen molar-refractivity contribution in [2.75, 3.05) is 5.75 Å². The van der Waals surface area contributed by atoms with Gasteiger partial charge in [-0.15, -0.1) is 0 Å². The maximum Gasteiger partial charge on any atom is 0.309 e. The van der Waals surface area contributed by atoms with E-state index in [1.165, 1.54) is 4.31 Å². The molecule has 1 fully saturated rings. The Labute approximate surface area is 202 Å². The summed E-state index contributed by atoms with van der Waals surface area (Å²) in [6.07, 6.45) is 3.73. The number of carboxylic acids is 1. The van der Waals surface area contributed by atoms with Gasteiger partial charge in [0.15, 0.2) is 0 Å². The van der Waals surface area contributed by atoms with Crippen LogP contribution in [0.1, 0.15) is 62.3 Å². The third-order valence-corrected chi connectivity index (χ3v) is 9.89. The van der Waals surface area contributed by atoms with E-state index in [1.807, 2.05) is 45.0 Å². The van der Waals surface area contributed by atoms with Gasteiger partial charge in [-0.25, -0.2) is 8.42 Å². The standard InChI is InChI=1S/C26H35NO4S2/c1-5-7-8-17-32-25-22(6-2)27(33(30,31)21-15-11-19(4)12-16-21)24(23(25)26(28)29)20-13-9-18(3)10-14-20/h9-16,22-25H,5-8,17H2,1-4H3,(H,28,29)/t22-,23+,24+,25-/m1/s1. The van der Waals surface area contributed by atoms with Gasteiger partial charge >= 0.3 is 5.97 Å². The summed E-state index contributed by atoms with van der Waals surface area (Å²) in [5.41, 5.74) is 2.76. The lowest BCUT2D eigenvalue weighted by molar-refractivity contribution is -0.142. The number of hydrogen-bond donors (Lipinski definition) is 1. The van der Waals surface area contributed by atoms with Crippen molar-refractivity contribution in [1.29, 1.82) is 0 Å². The molecule has 0 amide bonds. The molecule has 33 heavy (non-hydrogen) atoms. The minimum Gasteiger partial charge on any atom is -0.481 e. The molecule has 0 spiro atoms. The van der Waals surface area contributed by atoms with E-state index >= 15 is 0 Å². The molecular formula is C26H35NO4S2. The highest BCUT2D eigenvalue weighted by Gasteiger charge is 2.56. The molecule has 0 saturated carbocycles. The molecule has 4 atom stereocenters. The second-order valence-corrected chi connectivity index (χ2v) is 12.0. The number of carboxylic acid groups (broad SMARTS) is 1. The van der Waals surface area contributed by atoms with Gasteiger partial charge in [0.25, 0.3) is 0 Å². The molecule has 0 aromatic heterocycles. The number of rotatable bonds is 10. The van der Waals surface area contributed by atoms with Crippen LogP contribution in [-0.4, -0.2) is 40.8 Å². The third-order valence-electron chi connectivity index (χ3n) is 6.45. The topological polar surface area (TPSA) is 74.7 Å². The van der Waals surface area contributed by atoms with Crippen molar-refractivity contribution in [3.63, 3.8) is 0 Å². The highest BCUT2D eigenvalue weighted by atomic mass is 32.2. The molecule has 5 nitrogen and oxygen atoms in total. The van der Waals surface area contributed by atoms with E-state index in [1.54, 1.807) is 36.0 Å². The van der Waals surface area contributed by atoms with Crippen molar-refractivity contribution in [1.82, 2.24) is 4.31 Å². The lowest BCUT2D eigenvalue weighted by Crippen LogP contribution is -2.39. The number of nitrogens with zero attached hydrogens (tertiary/aromatic N) is 1. The summed E-state index contributed by atoms with van der Waals surface area (Å²) in [6.45, 7) is 7.98. The second kappa shape index (κ2) is 11.1. The Morgan fingerprint density at radius 1 is 0.970 bits per heavy atom. The van der Waals surface area contributed by atoms with Crippen LogP contribution in [0.5, 0.6) is 0 Å². The minimum atomic E-state index is -3.90. The van der Waals surface area contributed by atoms with E-state index in [9.17, 15) is 18.3 Å². The molecule has 0 radical (unpaired) electrons. The fraction of sp³-hybridized carbons (Fsp3) is 0.500. The van der Waals surface area contributed by atoms with Crippen molar-refractivity contribution in [2.24, 2.45) is 5.92 Å². The van der Waals surface area contributed by atoms with E-state index < -0.39 is 34.0 Å².